The number of aromatic nitrogens is 1. The van der Waals surface area contributed by atoms with Gasteiger partial charge in [-0.2, -0.15) is 11.8 Å². The van der Waals surface area contributed by atoms with E-state index in [1.54, 1.807) is 11.3 Å². The van der Waals surface area contributed by atoms with Gasteiger partial charge in [0.15, 0.2) is 0 Å². The minimum absolute atomic E-state index is 0.761. The maximum atomic E-state index is 4.33. The number of nitrogens with zero attached hydrogens (tertiary/aromatic N) is 2. The number of hydrogen-bond acceptors (Lipinski definition) is 4. The number of hydrogen-bond donors (Lipinski definition) is 0. The third kappa shape index (κ3) is 2.72. The highest BCUT2D eigenvalue weighted by Gasteiger charge is 2.22. The molecule has 1 fully saturated rings. The van der Waals surface area contributed by atoms with Crippen LogP contribution in [0.4, 0.5) is 0 Å². The number of thiazole rings is 1. The zero-order valence-electron chi connectivity index (χ0n) is 8.64. The van der Waals surface area contributed by atoms with Crippen LogP contribution in [0.2, 0.25) is 0 Å². The summed E-state index contributed by atoms with van der Waals surface area (Å²) in [5.74, 6) is 0. The summed E-state index contributed by atoms with van der Waals surface area (Å²) in [6.45, 7) is 8.06. The molecular weight excluding hydrogens is 212 g/mol. The molecule has 4 heteroatoms. The third-order valence-electron chi connectivity index (χ3n) is 2.36. The van der Waals surface area contributed by atoms with E-state index in [2.05, 4.69) is 40.9 Å². The summed E-state index contributed by atoms with van der Waals surface area (Å²) in [5.41, 5.74) is 3.14. The van der Waals surface area contributed by atoms with Crippen LogP contribution in [0.25, 0.3) is 0 Å². The van der Waals surface area contributed by atoms with Crippen molar-refractivity contribution in [1.29, 1.82) is 0 Å². The first-order chi connectivity index (χ1) is 6.74. The van der Waals surface area contributed by atoms with Crippen molar-refractivity contribution in [1.82, 2.24) is 9.88 Å². The van der Waals surface area contributed by atoms with Crippen molar-refractivity contribution in [3.05, 3.63) is 16.6 Å². The van der Waals surface area contributed by atoms with E-state index in [0.29, 0.717) is 0 Å². The largest absolute Gasteiger partial charge is 0.295 e. The molecule has 78 valence electrons. The van der Waals surface area contributed by atoms with E-state index >= 15 is 0 Å². The minimum Gasteiger partial charge on any atom is -0.295 e. The molecule has 14 heavy (non-hydrogen) atoms. The van der Waals surface area contributed by atoms with Crippen molar-refractivity contribution in [3.8, 4) is 0 Å². The van der Waals surface area contributed by atoms with Crippen molar-refractivity contribution < 1.29 is 0 Å². The number of thioether (sulfide) groups is 1. The first-order valence-corrected chi connectivity index (χ1v) is 6.87. The van der Waals surface area contributed by atoms with Gasteiger partial charge >= 0.3 is 0 Å². The summed E-state index contributed by atoms with van der Waals surface area (Å²) in [4.78, 5) is 6.85. The average molecular weight is 228 g/mol. The molecule has 0 aliphatic carbocycles. The van der Waals surface area contributed by atoms with Gasteiger partial charge in [-0.25, -0.2) is 4.98 Å². The molecule has 1 aliphatic rings. The standard InChI is InChI=1S/C10H16N2S2/c1-8-3-12(4-9(2)14-8)5-10-6-13-7-11-10/h6-9H,3-5H2,1-2H3. The Labute approximate surface area is 93.7 Å². The van der Waals surface area contributed by atoms with Crippen LogP contribution in [0, 0.1) is 0 Å². The smallest absolute Gasteiger partial charge is 0.0795 e. The van der Waals surface area contributed by atoms with Crippen LogP contribution in [-0.2, 0) is 6.54 Å². The van der Waals surface area contributed by atoms with E-state index < -0.39 is 0 Å². The molecule has 0 bridgehead atoms. The first kappa shape index (κ1) is 10.5. The Hall–Kier alpha value is -0.0600. The third-order valence-corrected chi connectivity index (χ3v) is 4.23. The summed E-state index contributed by atoms with van der Waals surface area (Å²) >= 11 is 3.78. The van der Waals surface area contributed by atoms with Gasteiger partial charge in [-0.15, -0.1) is 11.3 Å². The lowest BCUT2D eigenvalue weighted by Gasteiger charge is -2.34. The molecule has 2 nitrogen and oxygen atoms in total. The predicted octanol–water partition coefficient (Wildman–Crippen LogP) is 2.47. The van der Waals surface area contributed by atoms with Crippen LogP contribution in [0.15, 0.2) is 10.9 Å². The fourth-order valence-corrected chi connectivity index (χ4v) is 3.89. The van der Waals surface area contributed by atoms with Gasteiger partial charge < -0.3 is 0 Å². The van der Waals surface area contributed by atoms with Crippen molar-refractivity contribution in [3.63, 3.8) is 0 Å². The lowest BCUT2D eigenvalue weighted by atomic mass is 10.3. The Morgan fingerprint density at radius 2 is 2.14 bits per heavy atom. The summed E-state index contributed by atoms with van der Waals surface area (Å²) in [6.07, 6.45) is 0. The van der Waals surface area contributed by atoms with E-state index in [1.165, 1.54) is 18.8 Å². The molecule has 1 aliphatic heterocycles. The molecular formula is C10H16N2S2. The Morgan fingerprint density at radius 1 is 1.43 bits per heavy atom. The van der Waals surface area contributed by atoms with E-state index in [4.69, 9.17) is 0 Å². The van der Waals surface area contributed by atoms with Crippen molar-refractivity contribution in [2.45, 2.75) is 30.9 Å². The fraction of sp³-hybridized carbons (Fsp3) is 0.700. The SMILES string of the molecule is CC1CN(Cc2cscn2)CC(C)S1. The van der Waals surface area contributed by atoms with Gasteiger partial charge in [0.25, 0.3) is 0 Å². The van der Waals surface area contributed by atoms with Crippen LogP contribution in [0.1, 0.15) is 19.5 Å². The maximum absolute atomic E-state index is 4.33. The Balaban J connectivity index is 1.91. The molecule has 0 saturated carbocycles. The van der Waals surface area contributed by atoms with E-state index in [9.17, 15) is 0 Å². The maximum Gasteiger partial charge on any atom is 0.0795 e. The van der Waals surface area contributed by atoms with Crippen molar-refractivity contribution in [2.24, 2.45) is 0 Å². The van der Waals surface area contributed by atoms with Crippen LogP contribution >= 0.6 is 23.1 Å². The summed E-state index contributed by atoms with van der Waals surface area (Å²) in [7, 11) is 0. The Kier molecular flexibility index (Phi) is 3.47. The van der Waals surface area contributed by atoms with Gasteiger partial charge in [-0.3, -0.25) is 4.90 Å². The zero-order valence-corrected chi connectivity index (χ0v) is 10.3. The van der Waals surface area contributed by atoms with E-state index in [0.717, 1.165) is 17.0 Å². The average Bonchev–Trinajstić information content (AvgIpc) is 2.54. The van der Waals surface area contributed by atoms with E-state index in [-0.39, 0.29) is 0 Å². The number of rotatable bonds is 2. The second kappa shape index (κ2) is 4.64. The fourth-order valence-electron chi connectivity index (χ4n) is 1.96. The molecule has 0 N–H and O–H groups in total. The molecule has 2 heterocycles. The quantitative estimate of drug-likeness (QED) is 0.773. The molecule has 2 atom stereocenters. The molecule has 2 rings (SSSR count). The molecule has 1 aromatic heterocycles. The lowest BCUT2D eigenvalue weighted by Crippen LogP contribution is -2.39. The molecule has 0 amide bonds. The van der Waals surface area contributed by atoms with Gasteiger partial charge in [0.2, 0.25) is 0 Å². The van der Waals surface area contributed by atoms with Crippen molar-refractivity contribution in [2.75, 3.05) is 13.1 Å². The van der Waals surface area contributed by atoms with Gasteiger partial charge in [-0.05, 0) is 0 Å². The lowest BCUT2D eigenvalue weighted by molar-refractivity contribution is 0.260. The minimum atomic E-state index is 0.761. The summed E-state index contributed by atoms with van der Waals surface area (Å²) < 4.78 is 0. The highest BCUT2D eigenvalue weighted by atomic mass is 32.2. The Bertz CT molecular complexity index is 264. The predicted molar refractivity (Wildman–Crippen MR) is 63.9 cm³/mol. The van der Waals surface area contributed by atoms with Gasteiger partial charge in [0, 0.05) is 35.5 Å². The summed E-state index contributed by atoms with van der Waals surface area (Å²) in [5, 5.41) is 3.67. The second-order valence-corrected chi connectivity index (χ2v) is 6.53. The molecule has 1 aromatic rings. The molecule has 0 aromatic carbocycles. The van der Waals surface area contributed by atoms with Gasteiger partial charge in [-0.1, -0.05) is 13.8 Å². The first-order valence-electron chi connectivity index (χ1n) is 4.99. The molecule has 1 saturated heterocycles. The van der Waals surface area contributed by atoms with Crippen LogP contribution < -0.4 is 0 Å². The summed E-state index contributed by atoms with van der Waals surface area (Å²) in [6, 6.07) is 0. The highest BCUT2D eigenvalue weighted by molar-refractivity contribution is 8.00. The zero-order chi connectivity index (χ0) is 9.97. The molecule has 0 spiro atoms. The van der Waals surface area contributed by atoms with Crippen molar-refractivity contribution >= 4 is 23.1 Å². The topological polar surface area (TPSA) is 16.1 Å². The monoisotopic (exact) mass is 228 g/mol. The second-order valence-electron chi connectivity index (χ2n) is 3.93. The van der Waals surface area contributed by atoms with Gasteiger partial charge in [0.1, 0.15) is 0 Å². The molecule has 0 radical (unpaired) electrons. The van der Waals surface area contributed by atoms with E-state index in [1.807, 2.05) is 5.51 Å². The molecule has 2 unspecified atom stereocenters. The highest BCUT2D eigenvalue weighted by Crippen LogP contribution is 2.25. The Morgan fingerprint density at radius 3 is 2.71 bits per heavy atom. The van der Waals surface area contributed by atoms with Gasteiger partial charge in [0.05, 0.1) is 11.2 Å². The van der Waals surface area contributed by atoms with Crippen LogP contribution in [0.3, 0.4) is 0 Å². The normalized spacial score (nSPS) is 29.3. The van der Waals surface area contributed by atoms with Crippen LogP contribution in [-0.4, -0.2) is 33.5 Å². The van der Waals surface area contributed by atoms with Crippen LogP contribution in [0.5, 0.6) is 0 Å².